The van der Waals surface area contributed by atoms with Gasteiger partial charge < -0.3 is 4.90 Å². The van der Waals surface area contributed by atoms with Crippen LogP contribution in [0.4, 0.5) is 4.39 Å². The maximum atomic E-state index is 14.0. The first kappa shape index (κ1) is 15.9. The molecule has 2 nitrogen and oxygen atoms in total. The van der Waals surface area contributed by atoms with Crippen LogP contribution in [0.25, 0.3) is 0 Å². The fourth-order valence-corrected chi connectivity index (χ4v) is 4.56. The predicted molar refractivity (Wildman–Crippen MR) is 89.3 cm³/mol. The number of rotatable bonds is 4. The maximum Gasteiger partial charge on any atom is 0.127 e. The number of nitrogens with zero attached hydrogens (tertiary/aromatic N) is 2. The van der Waals surface area contributed by atoms with Crippen LogP contribution >= 0.6 is 0 Å². The van der Waals surface area contributed by atoms with Gasteiger partial charge in [-0.2, -0.15) is 0 Å². The normalized spacial score (nSPS) is 31.2. The first-order valence-corrected chi connectivity index (χ1v) is 8.55. The van der Waals surface area contributed by atoms with Gasteiger partial charge in [0, 0.05) is 24.2 Å². The van der Waals surface area contributed by atoms with E-state index in [2.05, 4.69) is 30.9 Å². The SMILES string of the molecule is Cc1ccc(F)c(CN(C)C2C[C@H]3CC(N(C)C)C[C@H]3C2)c1. The Hall–Kier alpha value is -0.930. The van der Waals surface area contributed by atoms with E-state index >= 15 is 0 Å². The molecular weight excluding hydrogens is 275 g/mol. The van der Waals surface area contributed by atoms with Crippen LogP contribution in [0.1, 0.15) is 36.8 Å². The van der Waals surface area contributed by atoms with E-state index in [1.54, 1.807) is 6.07 Å². The molecule has 3 heteroatoms. The standard InChI is InChI=1S/C19H29FN2/c1-13-5-6-19(20)16(7-13)12-22(4)18-10-14-8-17(21(2)3)9-15(14)11-18/h5-7,14-15,17-18H,8-12H2,1-4H3/t14-,15+,17?,18?. The van der Waals surface area contributed by atoms with E-state index in [4.69, 9.17) is 0 Å². The summed E-state index contributed by atoms with van der Waals surface area (Å²) in [7, 11) is 6.57. The van der Waals surface area contributed by atoms with Crippen molar-refractivity contribution in [2.45, 2.75) is 51.2 Å². The zero-order chi connectivity index (χ0) is 15.9. The van der Waals surface area contributed by atoms with Crippen LogP contribution in [0.15, 0.2) is 18.2 Å². The highest BCUT2D eigenvalue weighted by molar-refractivity contribution is 5.24. The van der Waals surface area contributed by atoms with Crippen LogP contribution in [-0.4, -0.2) is 43.0 Å². The Labute approximate surface area is 134 Å². The van der Waals surface area contributed by atoms with Crippen LogP contribution in [-0.2, 0) is 6.54 Å². The Morgan fingerprint density at radius 2 is 1.59 bits per heavy atom. The molecule has 4 atom stereocenters. The molecule has 0 heterocycles. The summed E-state index contributed by atoms with van der Waals surface area (Å²) >= 11 is 0. The zero-order valence-corrected chi connectivity index (χ0v) is 14.3. The molecule has 0 bridgehead atoms. The average Bonchev–Trinajstić information content (AvgIpc) is 3.01. The molecule has 2 aliphatic carbocycles. The molecule has 0 saturated heterocycles. The van der Waals surface area contributed by atoms with Gasteiger partial charge in [-0.15, -0.1) is 0 Å². The number of benzene rings is 1. The van der Waals surface area contributed by atoms with Crippen LogP contribution in [0, 0.1) is 24.6 Å². The second kappa shape index (κ2) is 6.29. The first-order valence-electron chi connectivity index (χ1n) is 8.55. The topological polar surface area (TPSA) is 6.48 Å². The van der Waals surface area contributed by atoms with Gasteiger partial charge in [0.1, 0.15) is 5.82 Å². The molecule has 0 amide bonds. The van der Waals surface area contributed by atoms with E-state index < -0.39 is 0 Å². The minimum Gasteiger partial charge on any atom is -0.306 e. The first-order chi connectivity index (χ1) is 10.4. The van der Waals surface area contributed by atoms with Crippen molar-refractivity contribution < 1.29 is 4.39 Å². The molecule has 1 aromatic carbocycles. The van der Waals surface area contributed by atoms with Crippen molar-refractivity contribution in [3.05, 3.63) is 35.1 Å². The molecule has 0 aliphatic heterocycles. The van der Waals surface area contributed by atoms with Crippen molar-refractivity contribution in [1.29, 1.82) is 0 Å². The third-order valence-electron chi connectivity index (χ3n) is 5.94. The summed E-state index contributed by atoms with van der Waals surface area (Å²) in [6, 6.07) is 6.83. The van der Waals surface area contributed by atoms with Gasteiger partial charge in [-0.25, -0.2) is 4.39 Å². The average molecular weight is 304 g/mol. The van der Waals surface area contributed by atoms with E-state index in [1.165, 1.54) is 25.7 Å². The summed E-state index contributed by atoms with van der Waals surface area (Å²) in [6.45, 7) is 2.76. The summed E-state index contributed by atoms with van der Waals surface area (Å²) in [5.41, 5.74) is 1.98. The molecule has 1 aromatic rings. The predicted octanol–water partition coefficient (Wildman–Crippen LogP) is 3.68. The van der Waals surface area contributed by atoms with Gasteiger partial charge in [0.2, 0.25) is 0 Å². The van der Waals surface area contributed by atoms with Crippen molar-refractivity contribution in [3.8, 4) is 0 Å². The van der Waals surface area contributed by atoms with Gasteiger partial charge in [-0.05, 0) is 71.7 Å². The molecule has 0 radical (unpaired) electrons. The third-order valence-corrected chi connectivity index (χ3v) is 5.94. The highest BCUT2D eigenvalue weighted by Gasteiger charge is 2.43. The number of fused-ring (bicyclic) bond motifs is 1. The fourth-order valence-electron chi connectivity index (χ4n) is 4.56. The van der Waals surface area contributed by atoms with E-state index in [9.17, 15) is 4.39 Å². The van der Waals surface area contributed by atoms with E-state index in [-0.39, 0.29) is 5.82 Å². The van der Waals surface area contributed by atoms with Gasteiger partial charge in [0.25, 0.3) is 0 Å². The number of hydrogen-bond acceptors (Lipinski definition) is 2. The van der Waals surface area contributed by atoms with Gasteiger partial charge >= 0.3 is 0 Å². The number of aryl methyl sites for hydroxylation is 1. The molecule has 0 aromatic heterocycles. The summed E-state index contributed by atoms with van der Waals surface area (Å²) in [4.78, 5) is 4.76. The Balaban J connectivity index is 1.59. The summed E-state index contributed by atoms with van der Waals surface area (Å²) in [5.74, 6) is 1.69. The quantitative estimate of drug-likeness (QED) is 0.837. The van der Waals surface area contributed by atoms with Crippen molar-refractivity contribution in [1.82, 2.24) is 9.80 Å². The van der Waals surface area contributed by atoms with Gasteiger partial charge in [-0.1, -0.05) is 17.7 Å². The highest BCUT2D eigenvalue weighted by atomic mass is 19.1. The monoisotopic (exact) mass is 304 g/mol. The van der Waals surface area contributed by atoms with Crippen LogP contribution in [0.5, 0.6) is 0 Å². The lowest BCUT2D eigenvalue weighted by atomic mass is 10.0. The molecule has 2 aliphatic rings. The van der Waals surface area contributed by atoms with E-state index in [0.29, 0.717) is 6.04 Å². The molecule has 2 saturated carbocycles. The molecular formula is C19H29FN2. The molecule has 3 rings (SSSR count). The zero-order valence-electron chi connectivity index (χ0n) is 14.3. The molecule has 2 unspecified atom stereocenters. The lowest BCUT2D eigenvalue weighted by Gasteiger charge is -2.27. The summed E-state index contributed by atoms with van der Waals surface area (Å²) in [5, 5.41) is 0. The smallest absolute Gasteiger partial charge is 0.127 e. The highest BCUT2D eigenvalue weighted by Crippen LogP contribution is 2.46. The van der Waals surface area contributed by atoms with Crippen LogP contribution in [0.2, 0.25) is 0 Å². The largest absolute Gasteiger partial charge is 0.306 e. The third kappa shape index (κ3) is 3.21. The Morgan fingerprint density at radius 1 is 1.00 bits per heavy atom. The second-order valence-electron chi connectivity index (χ2n) is 7.74. The van der Waals surface area contributed by atoms with E-state index in [1.807, 2.05) is 19.1 Å². The van der Waals surface area contributed by atoms with Crippen LogP contribution in [0.3, 0.4) is 0 Å². The molecule has 2 fully saturated rings. The maximum absolute atomic E-state index is 14.0. The number of hydrogen-bond donors (Lipinski definition) is 0. The lowest BCUT2D eigenvalue weighted by Crippen LogP contribution is -2.31. The van der Waals surface area contributed by atoms with Crippen molar-refractivity contribution in [2.24, 2.45) is 11.8 Å². The Kier molecular flexibility index (Phi) is 4.56. The number of halogens is 1. The second-order valence-corrected chi connectivity index (χ2v) is 7.74. The molecule has 122 valence electrons. The van der Waals surface area contributed by atoms with Gasteiger partial charge in [0.15, 0.2) is 0 Å². The minimum absolute atomic E-state index is 0.0664. The molecule has 22 heavy (non-hydrogen) atoms. The van der Waals surface area contributed by atoms with Crippen molar-refractivity contribution >= 4 is 0 Å². The van der Waals surface area contributed by atoms with Crippen molar-refractivity contribution in [2.75, 3.05) is 21.1 Å². The summed E-state index contributed by atoms with van der Waals surface area (Å²) < 4.78 is 14.0. The van der Waals surface area contributed by atoms with Crippen molar-refractivity contribution in [3.63, 3.8) is 0 Å². The minimum atomic E-state index is -0.0664. The molecule has 0 spiro atoms. The van der Waals surface area contributed by atoms with Crippen LogP contribution < -0.4 is 0 Å². The lowest BCUT2D eigenvalue weighted by molar-refractivity contribution is 0.210. The fraction of sp³-hybridized carbons (Fsp3) is 0.684. The Bertz CT molecular complexity index is 514. The van der Waals surface area contributed by atoms with Gasteiger partial charge in [-0.3, -0.25) is 4.90 Å². The van der Waals surface area contributed by atoms with Gasteiger partial charge in [0.05, 0.1) is 0 Å². The van der Waals surface area contributed by atoms with E-state index in [0.717, 1.165) is 35.5 Å². The Morgan fingerprint density at radius 3 is 2.18 bits per heavy atom. The molecule has 0 N–H and O–H groups in total. The summed E-state index contributed by atoms with van der Waals surface area (Å²) in [6.07, 6.45) is 5.28.